The fourth-order valence-electron chi connectivity index (χ4n) is 2.01. The van der Waals surface area contributed by atoms with E-state index in [9.17, 15) is 4.79 Å². The second-order valence-corrected chi connectivity index (χ2v) is 4.18. The predicted octanol–water partition coefficient (Wildman–Crippen LogP) is 4.38. The molecule has 0 atom stereocenters. The molecule has 0 unspecified atom stereocenters. The van der Waals surface area contributed by atoms with E-state index in [2.05, 4.69) is 26.0 Å². The van der Waals surface area contributed by atoms with Crippen molar-refractivity contribution < 1.29 is 9.53 Å². The number of ether oxygens (including phenoxy) is 1. The number of allylic oxidation sites excluding steroid dienone is 3. The van der Waals surface area contributed by atoms with E-state index in [-0.39, 0.29) is 5.97 Å². The molecular weight excluding hydrogens is 236 g/mol. The zero-order valence-electron chi connectivity index (χ0n) is 12.0. The third-order valence-corrected chi connectivity index (χ3v) is 2.99. The lowest BCUT2D eigenvalue weighted by molar-refractivity contribution is -0.137. The second kappa shape index (κ2) is 8.30. The number of esters is 1. The molecule has 0 aliphatic rings. The monoisotopic (exact) mass is 258 g/mol. The van der Waals surface area contributed by atoms with E-state index in [0.29, 0.717) is 6.61 Å². The first kappa shape index (κ1) is 15.2. The van der Waals surface area contributed by atoms with Crippen LogP contribution in [-0.2, 0) is 9.53 Å². The zero-order chi connectivity index (χ0) is 14.1. The molecule has 0 heterocycles. The summed E-state index contributed by atoms with van der Waals surface area (Å²) in [5.74, 6) is -0.289. The summed E-state index contributed by atoms with van der Waals surface area (Å²) in [6.07, 6.45) is 5.34. The smallest absolute Gasteiger partial charge is 0.330 e. The molecule has 0 amide bonds. The molecule has 0 N–H and O–H groups in total. The fourth-order valence-corrected chi connectivity index (χ4v) is 2.01. The molecule has 19 heavy (non-hydrogen) atoms. The van der Waals surface area contributed by atoms with Gasteiger partial charge in [0.2, 0.25) is 0 Å². The van der Waals surface area contributed by atoms with Gasteiger partial charge in [0.1, 0.15) is 0 Å². The van der Waals surface area contributed by atoms with Crippen molar-refractivity contribution in [1.29, 1.82) is 0 Å². The van der Waals surface area contributed by atoms with E-state index in [1.165, 1.54) is 11.6 Å². The van der Waals surface area contributed by atoms with Crippen LogP contribution in [0.3, 0.4) is 0 Å². The standard InChI is InChI=1S/C17H22O2/c1-4-14(5-2)16(12-13-17(18)19-6-3)15-10-8-7-9-11-15/h7-13H,4-6H2,1-3H3/b13-12+. The first-order valence-electron chi connectivity index (χ1n) is 6.85. The topological polar surface area (TPSA) is 26.3 Å². The van der Waals surface area contributed by atoms with E-state index < -0.39 is 0 Å². The molecule has 0 bridgehead atoms. The van der Waals surface area contributed by atoms with Gasteiger partial charge in [-0.25, -0.2) is 4.79 Å². The minimum absolute atomic E-state index is 0.289. The number of carbonyl (C=O) groups is 1. The van der Waals surface area contributed by atoms with Crippen LogP contribution in [0, 0.1) is 0 Å². The third-order valence-electron chi connectivity index (χ3n) is 2.99. The Bertz CT molecular complexity index is 449. The van der Waals surface area contributed by atoms with E-state index in [0.717, 1.165) is 24.0 Å². The molecular formula is C17H22O2. The maximum Gasteiger partial charge on any atom is 0.330 e. The maximum absolute atomic E-state index is 11.4. The minimum atomic E-state index is -0.289. The van der Waals surface area contributed by atoms with Crippen molar-refractivity contribution in [2.75, 3.05) is 6.61 Å². The van der Waals surface area contributed by atoms with Crippen LogP contribution >= 0.6 is 0 Å². The number of carbonyl (C=O) groups excluding carboxylic acids is 1. The lowest BCUT2D eigenvalue weighted by Crippen LogP contribution is -1.99. The normalized spacial score (nSPS) is 10.5. The molecule has 0 radical (unpaired) electrons. The van der Waals surface area contributed by atoms with Gasteiger partial charge in [0.05, 0.1) is 6.61 Å². The molecule has 2 nitrogen and oxygen atoms in total. The highest BCUT2D eigenvalue weighted by molar-refractivity contribution is 5.87. The van der Waals surface area contributed by atoms with Gasteiger partial charge < -0.3 is 4.74 Å². The molecule has 0 aromatic heterocycles. The van der Waals surface area contributed by atoms with Gasteiger partial charge >= 0.3 is 5.97 Å². The van der Waals surface area contributed by atoms with Crippen molar-refractivity contribution in [3.05, 3.63) is 53.6 Å². The zero-order valence-corrected chi connectivity index (χ0v) is 12.0. The Kier molecular flexibility index (Phi) is 6.65. The van der Waals surface area contributed by atoms with Crippen molar-refractivity contribution in [2.45, 2.75) is 33.6 Å². The molecule has 0 aliphatic heterocycles. The first-order chi connectivity index (χ1) is 9.22. The quantitative estimate of drug-likeness (QED) is 0.430. The predicted molar refractivity (Wildman–Crippen MR) is 79.7 cm³/mol. The highest BCUT2D eigenvalue weighted by atomic mass is 16.5. The van der Waals surface area contributed by atoms with Gasteiger partial charge in [-0.05, 0) is 37.0 Å². The van der Waals surface area contributed by atoms with Crippen LogP contribution in [-0.4, -0.2) is 12.6 Å². The minimum Gasteiger partial charge on any atom is -0.463 e. The summed E-state index contributed by atoms with van der Waals surface area (Å²) in [5, 5.41) is 0. The van der Waals surface area contributed by atoms with Crippen molar-refractivity contribution >= 4 is 11.5 Å². The fraction of sp³-hybridized carbons (Fsp3) is 0.353. The summed E-state index contributed by atoms with van der Waals surface area (Å²) in [5.41, 5.74) is 3.60. The summed E-state index contributed by atoms with van der Waals surface area (Å²) in [6.45, 7) is 6.49. The van der Waals surface area contributed by atoms with E-state index in [1.807, 2.05) is 31.2 Å². The Morgan fingerprint density at radius 1 is 1.05 bits per heavy atom. The summed E-state index contributed by atoms with van der Waals surface area (Å²) >= 11 is 0. The molecule has 1 aromatic rings. The molecule has 0 aliphatic carbocycles. The van der Waals surface area contributed by atoms with Gasteiger partial charge in [-0.2, -0.15) is 0 Å². The Morgan fingerprint density at radius 2 is 1.68 bits per heavy atom. The van der Waals surface area contributed by atoms with Gasteiger partial charge in [-0.3, -0.25) is 0 Å². The van der Waals surface area contributed by atoms with Crippen LogP contribution < -0.4 is 0 Å². The molecule has 0 saturated carbocycles. The average Bonchev–Trinajstić information content (AvgIpc) is 2.44. The van der Waals surface area contributed by atoms with Gasteiger partial charge in [0, 0.05) is 6.08 Å². The van der Waals surface area contributed by atoms with Gasteiger partial charge in [0.15, 0.2) is 0 Å². The molecule has 1 aromatic carbocycles. The summed E-state index contributed by atoms with van der Waals surface area (Å²) in [4.78, 5) is 11.4. The molecule has 0 saturated heterocycles. The number of benzene rings is 1. The lowest BCUT2D eigenvalue weighted by atomic mass is 9.96. The Balaban J connectivity index is 3.08. The third kappa shape index (κ3) is 4.74. The molecule has 2 heteroatoms. The Hall–Kier alpha value is -1.83. The van der Waals surface area contributed by atoms with Crippen LogP contribution in [0.25, 0.3) is 5.57 Å². The number of hydrogen-bond acceptors (Lipinski definition) is 2. The summed E-state index contributed by atoms with van der Waals surface area (Å²) in [6, 6.07) is 10.1. The Labute approximate surface area is 115 Å². The Morgan fingerprint density at radius 3 is 2.21 bits per heavy atom. The van der Waals surface area contributed by atoms with Crippen LogP contribution in [0.15, 0.2) is 48.1 Å². The average molecular weight is 258 g/mol. The van der Waals surface area contributed by atoms with Gasteiger partial charge in [0.25, 0.3) is 0 Å². The molecule has 1 rings (SSSR count). The molecule has 0 fully saturated rings. The second-order valence-electron chi connectivity index (χ2n) is 4.18. The van der Waals surface area contributed by atoms with Crippen LogP contribution in [0.5, 0.6) is 0 Å². The lowest BCUT2D eigenvalue weighted by Gasteiger charge is -2.10. The van der Waals surface area contributed by atoms with Crippen LogP contribution in [0.1, 0.15) is 39.2 Å². The van der Waals surface area contributed by atoms with Crippen molar-refractivity contribution in [2.24, 2.45) is 0 Å². The van der Waals surface area contributed by atoms with Crippen molar-refractivity contribution in [1.82, 2.24) is 0 Å². The number of rotatable bonds is 6. The summed E-state index contributed by atoms with van der Waals surface area (Å²) < 4.78 is 4.93. The van der Waals surface area contributed by atoms with Gasteiger partial charge in [-0.15, -0.1) is 0 Å². The van der Waals surface area contributed by atoms with Crippen molar-refractivity contribution in [3.63, 3.8) is 0 Å². The summed E-state index contributed by atoms with van der Waals surface area (Å²) in [7, 11) is 0. The van der Waals surface area contributed by atoms with E-state index in [4.69, 9.17) is 4.74 Å². The van der Waals surface area contributed by atoms with Crippen LogP contribution in [0.4, 0.5) is 0 Å². The highest BCUT2D eigenvalue weighted by Crippen LogP contribution is 2.24. The van der Waals surface area contributed by atoms with E-state index >= 15 is 0 Å². The largest absolute Gasteiger partial charge is 0.463 e. The van der Waals surface area contributed by atoms with E-state index in [1.54, 1.807) is 0 Å². The van der Waals surface area contributed by atoms with Crippen LogP contribution in [0.2, 0.25) is 0 Å². The SMILES string of the molecule is CCOC(=O)/C=C/C(=C(CC)CC)c1ccccc1. The molecule has 0 spiro atoms. The number of hydrogen-bond donors (Lipinski definition) is 0. The maximum atomic E-state index is 11.4. The van der Waals surface area contributed by atoms with Gasteiger partial charge in [-0.1, -0.05) is 49.8 Å². The van der Waals surface area contributed by atoms with Crippen molar-refractivity contribution in [3.8, 4) is 0 Å². The highest BCUT2D eigenvalue weighted by Gasteiger charge is 2.04. The molecule has 102 valence electrons. The first-order valence-corrected chi connectivity index (χ1v) is 6.85.